The van der Waals surface area contributed by atoms with Gasteiger partial charge in [-0.05, 0) is 31.0 Å². The number of carbonyl (C=O) groups excluding carboxylic acids is 1. The normalized spacial score (nSPS) is 14.1. The van der Waals surface area contributed by atoms with Gasteiger partial charge in [0.25, 0.3) is 5.91 Å². The van der Waals surface area contributed by atoms with Crippen LogP contribution in [0.3, 0.4) is 0 Å². The van der Waals surface area contributed by atoms with Crippen molar-refractivity contribution in [1.29, 1.82) is 0 Å². The summed E-state index contributed by atoms with van der Waals surface area (Å²) in [5.74, 6) is -0.163. The number of amides is 1. The molecule has 1 rings (SSSR count). The quantitative estimate of drug-likeness (QED) is 0.704. The van der Waals surface area contributed by atoms with Crippen molar-refractivity contribution in [2.75, 3.05) is 6.54 Å². The number of benzene rings is 1. The first-order chi connectivity index (χ1) is 8.04. The standard InChI is InChI=1S/C13H20N2O2/c1-3-10-4-6-11(7-5-10)13(17)15-8-12(14)9(2)16/h4-7,9,12,16H,3,8,14H2,1-2H3,(H,15,17). The van der Waals surface area contributed by atoms with Crippen molar-refractivity contribution in [3.05, 3.63) is 35.4 Å². The van der Waals surface area contributed by atoms with Gasteiger partial charge in [0, 0.05) is 18.2 Å². The Labute approximate surface area is 102 Å². The summed E-state index contributed by atoms with van der Waals surface area (Å²) in [4.78, 5) is 11.7. The minimum absolute atomic E-state index is 0.163. The average molecular weight is 236 g/mol. The molecule has 1 amide bonds. The summed E-state index contributed by atoms with van der Waals surface area (Å²) in [6.45, 7) is 3.94. The van der Waals surface area contributed by atoms with E-state index >= 15 is 0 Å². The molecule has 2 unspecified atom stereocenters. The Bertz CT molecular complexity index is 360. The molecule has 2 atom stereocenters. The molecule has 4 N–H and O–H groups in total. The van der Waals surface area contributed by atoms with Gasteiger partial charge in [0.2, 0.25) is 0 Å². The topological polar surface area (TPSA) is 75.4 Å². The van der Waals surface area contributed by atoms with Crippen molar-refractivity contribution in [3.63, 3.8) is 0 Å². The van der Waals surface area contributed by atoms with Gasteiger partial charge in [-0.2, -0.15) is 0 Å². The van der Waals surface area contributed by atoms with Gasteiger partial charge in [0.15, 0.2) is 0 Å². The molecule has 94 valence electrons. The summed E-state index contributed by atoms with van der Waals surface area (Å²) in [5.41, 5.74) is 7.43. The predicted octanol–water partition coefficient (Wildman–Crippen LogP) is 0.687. The Morgan fingerprint density at radius 3 is 2.47 bits per heavy atom. The number of aliphatic hydroxyl groups is 1. The second-order valence-corrected chi connectivity index (χ2v) is 4.16. The number of carbonyl (C=O) groups is 1. The lowest BCUT2D eigenvalue weighted by molar-refractivity contribution is 0.0937. The highest BCUT2D eigenvalue weighted by molar-refractivity contribution is 5.94. The van der Waals surface area contributed by atoms with Crippen LogP contribution in [0, 0.1) is 0 Å². The van der Waals surface area contributed by atoms with Gasteiger partial charge in [0.05, 0.1) is 6.10 Å². The maximum absolute atomic E-state index is 11.7. The van der Waals surface area contributed by atoms with Crippen molar-refractivity contribution < 1.29 is 9.90 Å². The maximum atomic E-state index is 11.7. The van der Waals surface area contributed by atoms with Crippen LogP contribution in [0.2, 0.25) is 0 Å². The van der Waals surface area contributed by atoms with Crippen molar-refractivity contribution >= 4 is 5.91 Å². The second-order valence-electron chi connectivity index (χ2n) is 4.16. The van der Waals surface area contributed by atoms with E-state index in [0.717, 1.165) is 6.42 Å². The fraction of sp³-hybridized carbons (Fsp3) is 0.462. The number of aryl methyl sites for hydroxylation is 1. The zero-order chi connectivity index (χ0) is 12.8. The van der Waals surface area contributed by atoms with Crippen LogP contribution in [0.5, 0.6) is 0 Å². The van der Waals surface area contributed by atoms with E-state index in [1.807, 2.05) is 12.1 Å². The highest BCUT2D eigenvalue weighted by atomic mass is 16.3. The van der Waals surface area contributed by atoms with Crippen LogP contribution in [-0.4, -0.2) is 29.7 Å². The summed E-state index contributed by atoms with van der Waals surface area (Å²) < 4.78 is 0. The molecule has 0 fully saturated rings. The van der Waals surface area contributed by atoms with Crippen LogP contribution in [0.15, 0.2) is 24.3 Å². The molecule has 4 heteroatoms. The smallest absolute Gasteiger partial charge is 0.251 e. The molecule has 0 aromatic heterocycles. The third-order valence-corrected chi connectivity index (χ3v) is 2.74. The van der Waals surface area contributed by atoms with E-state index in [1.165, 1.54) is 5.56 Å². The van der Waals surface area contributed by atoms with Crippen molar-refractivity contribution in [3.8, 4) is 0 Å². The SMILES string of the molecule is CCc1ccc(C(=O)NCC(N)C(C)O)cc1. The molecule has 0 aliphatic carbocycles. The minimum Gasteiger partial charge on any atom is -0.392 e. The molecule has 1 aromatic carbocycles. The monoisotopic (exact) mass is 236 g/mol. The van der Waals surface area contributed by atoms with E-state index in [4.69, 9.17) is 5.73 Å². The third kappa shape index (κ3) is 4.17. The molecule has 4 nitrogen and oxygen atoms in total. The van der Waals surface area contributed by atoms with Gasteiger partial charge in [-0.25, -0.2) is 0 Å². The lowest BCUT2D eigenvalue weighted by Crippen LogP contribution is -2.43. The molecule has 0 spiro atoms. The number of hydrogen-bond acceptors (Lipinski definition) is 3. The first-order valence-electron chi connectivity index (χ1n) is 5.85. The molecule has 0 saturated carbocycles. The number of nitrogens with one attached hydrogen (secondary N) is 1. The highest BCUT2D eigenvalue weighted by Crippen LogP contribution is 2.04. The molecule has 17 heavy (non-hydrogen) atoms. The number of hydrogen-bond donors (Lipinski definition) is 3. The summed E-state index contributed by atoms with van der Waals surface area (Å²) in [6.07, 6.45) is 0.326. The third-order valence-electron chi connectivity index (χ3n) is 2.74. The largest absolute Gasteiger partial charge is 0.392 e. The predicted molar refractivity (Wildman–Crippen MR) is 67.8 cm³/mol. The van der Waals surface area contributed by atoms with Crippen molar-refractivity contribution in [2.24, 2.45) is 5.73 Å². The average Bonchev–Trinajstić information content (AvgIpc) is 2.35. The fourth-order valence-electron chi connectivity index (χ4n) is 1.37. The van der Waals surface area contributed by atoms with Gasteiger partial charge in [-0.1, -0.05) is 19.1 Å². The van der Waals surface area contributed by atoms with E-state index in [0.29, 0.717) is 5.56 Å². The Kier molecular flexibility index (Phi) is 5.12. The first kappa shape index (κ1) is 13.7. The summed E-state index contributed by atoms with van der Waals surface area (Å²) >= 11 is 0. The Hall–Kier alpha value is -1.39. The molecular weight excluding hydrogens is 216 g/mol. The Morgan fingerprint density at radius 1 is 1.41 bits per heavy atom. The van der Waals surface area contributed by atoms with Gasteiger partial charge in [0.1, 0.15) is 0 Å². The number of aliphatic hydroxyl groups excluding tert-OH is 1. The Morgan fingerprint density at radius 2 is 2.00 bits per heavy atom. The second kappa shape index (κ2) is 6.37. The van der Waals surface area contributed by atoms with E-state index in [-0.39, 0.29) is 12.5 Å². The summed E-state index contributed by atoms with van der Waals surface area (Å²) in [6, 6.07) is 7.02. The molecule has 1 aromatic rings. The lowest BCUT2D eigenvalue weighted by Gasteiger charge is -2.15. The highest BCUT2D eigenvalue weighted by Gasteiger charge is 2.11. The van der Waals surface area contributed by atoms with Crippen LogP contribution in [0.25, 0.3) is 0 Å². The van der Waals surface area contributed by atoms with Crippen LogP contribution in [0.1, 0.15) is 29.8 Å². The minimum atomic E-state index is -0.627. The van der Waals surface area contributed by atoms with Crippen molar-refractivity contribution in [1.82, 2.24) is 5.32 Å². The molecular formula is C13H20N2O2. The molecule has 0 bridgehead atoms. The summed E-state index contributed by atoms with van der Waals surface area (Å²) in [5, 5.41) is 11.9. The number of nitrogens with two attached hydrogens (primary N) is 1. The maximum Gasteiger partial charge on any atom is 0.251 e. The summed E-state index contributed by atoms with van der Waals surface area (Å²) in [7, 11) is 0. The van der Waals surface area contributed by atoms with Crippen molar-refractivity contribution in [2.45, 2.75) is 32.4 Å². The Balaban J connectivity index is 2.52. The van der Waals surface area contributed by atoms with Gasteiger partial charge in [-0.15, -0.1) is 0 Å². The van der Waals surface area contributed by atoms with Gasteiger partial charge in [-0.3, -0.25) is 4.79 Å². The molecule has 0 aliphatic rings. The van der Waals surface area contributed by atoms with Crippen LogP contribution in [-0.2, 0) is 6.42 Å². The van der Waals surface area contributed by atoms with E-state index in [2.05, 4.69) is 12.2 Å². The molecule has 0 aliphatic heterocycles. The van der Waals surface area contributed by atoms with Crippen LogP contribution < -0.4 is 11.1 Å². The van der Waals surface area contributed by atoms with E-state index in [9.17, 15) is 9.90 Å². The number of rotatable bonds is 5. The molecule has 0 radical (unpaired) electrons. The lowest BCUT2D eigenvalue weighted by atomic mass is 10.1. The van der Waals surface area contributed by atoms with Gasteiger partial charge >= 0.3 is 0 Å². The van der Waals surface area contributed by atoms with Crippen LogP contribution >= 0.6 is 0 Å². The molecule has 0 saturated heterocycles. The van der Waals surface area contributed by atoms with Gasteiger partial charge < -0.3 is 16.2 Å². The molecule has 0 heterocycles. The first-order valence-corrected chi connectivity index (χ1v) is 5.85. The zero-order valence-electron chi connectivity index (χ0n) is 10.3. The van der Waals surface area contributed by atoms with E-state index in [1.54, 1.807) is 19.1 Å². The van der Waals surface area contributed by atoms with E-state index < -0.39 is 12.1 Å². The fourth-order valence-corrected chi connectivity index (χ4v) is 1.37. The zero-order valence-corrected chi connectivity index (χ0v) is 10.3. The van der Waals surface area contributed by atoms with Crippen LogP contribution in [0.4, 0.5) is 0 Å².